The molecule has 0 spiro atoms. The van der Waals surface area contributed by atoms with Crippen molar-refractivity contribution in [1.82, 2.24) is 0 Å². The second-order valence-electron chi connectivity index (χ2n) is 5.53. The molecule has 1 aromatic rings. The summed E-state index contributed by atoms with van der Waals surface area (Å²) in [6.45, 7) is 3.06. The quantitative estimate of drug-likeness (QED) is 0.578. The van der Waals surface area contributed by atoms with Crippen molar-refractivity contribution in [3.8, 4) is 0 Å². The molecule has 0 radical (unpaired) electrons. The van der Waals surface area contributed by atoms with Crippen molar-refractivity contribution in [3.63, 3.8) is 0 Å². The minimum absolute atomic E-state index is 0.237. The molecule has 0 heterocycles. The topological polar surface area (TPSA) is 138 Å². The van der Waals surface area contributed by atoms with Gasteiger partial charge in [0.15, 0.2) is 5.60 Å². The molecule has 7 heteroatoms. The van der Waals surface area contributed by atoms with Crippen LogP contribution in [0.15, 0.2) is 24.3 Å². The van der Waals surface area contributed by atoms with E-state index in [2.05, 4.69) is 0 Å². The molecule has 2 atom stereocenters. The Hall–Kier alpha value is -2.41. The Labute approximate surface area is 127 Å². The normalized spacial score (nSPS) is 15.1. The summed E-state index contributed by atoms with van der Waals surface area (Å²) in [5.74, 6) is -5.67. The molecular weight excluding hydrogens is 290 g/mol. The number of benzene rings is 1. The molecule has 0 saturated carbocycles. The van der Waals surface area contributed by atoms with Crippen LogP contribution in [-0.2, 0) is 16.0 Å². The van der Waals surface area contributed by atoms with Crippen LogP contribution in [0.5, 0.6) is 0 Å². The van der Waals surface area contributed by atoms with Gasteiger partial charge in [0, 0.05) is 12.0 Å². The van der Waals surface area contributed by atoms with Gasteiger partial charge in [-0.25, -0.2) is 4.79 Å². The zero-order valence-corrected chi connectivity index (χ0v) is 12.3. The summed E-state index contributed by atoms with van der Waals surface area (Å²) in [4.78, 5) is 33.8. The fourth-order valence-electron chi connectivity index (χ4n) is 2.46. The van der Waals surface area contributed by atoms with Crippen molar-refractivity contribution >= 4 is 17.8 Å². The maximum atomic E-state index is 11.5. The van der Waals surface area contributed by atoms with E-state index in [0.717, 1.165) is 0 Å². The van der Waals surface area contributed by atoms with Crippen molar-refractivity contribution in [1.29, 1.82) is 0 Å². The van der Waals surface area contributed by atoms with Gasteiger partial charge in [0.05, 0.1) is 5.92 Å². The van der Waals surface area contributed by atoms with Crippen LogP contribution in [-0.4, -0.2) is 38.8 Å². The third-order valence-corrected chi connectivity index (χ3v) is 3.53. The summed E-state index contributed by atoms with van der Waals surface area (Å²) < 4.78 is 0. The summed E-state index contributed by atoms with van der Waals surface area (Å²) >= 11 is 0. The van der Waals surface area contributed by atoms with Crippen molar-refractivity contribution in [2.45, 2.75) is 25.9 Å². The number of hydrogen-bond acceptors (Lipinski definition) is 4. The summed E-state index contributed by atoms with van der Waals surface area (Å²) in [5.41, 5.74) is 3.28. The van der Waals surface area contributed by atoms with E-state index in [-0.39, 0.29) is 5.56 Å². The number of nitrogens with two attached hydrogens (primary N) is 1. The molecule has 0 saturated heterocycles. The third kappa shape index (κ3) is 3.62. The number of carbonyl (C=O) groups excluding carboxylic acids is 1. The largest absolute Gasteiger partial charge is 0.481 e. The molecule has 0 fully saturated rings. The summed E-state index contributed by atoms with van der Waals surface area (Å²) in [6.07, 6.45) is -0.392. The average Bonchev–Trinajstić information content (AvgIpc) is 2.37. The molecule has 0 aromatic heterocycles. The Kier molecular flexibility index (Phi) is 5.27. The lowest BCUT2D eigenvalue weighted by atomic mass is 9.76. The SMILES string of the molecule is CC(C)C(C(=O)O)C(O)(Cc1ccc(C(N)=O)cc1)C(=O)O. The first-order valence-corrected chi connectivity index (χ1v) is 6.67. The van der Waals surface area contributed by atoms with E-state index >= 15 is 0 Å². The van der Waals surface area contributed by atoms with E-state index in [1.54, 1.807) is 0 Å². The summed E-state index contributed by atoms with van der Waals surface area (Å²) in [6, 6.07) is 5.66. The van der Waals surface area contributed by atoms with Gasteiger partial charge in [0.1, 0.15) is 0 Å². The molecule has 5 N–H and O–H groups in total. The van der Waals surface area contributed by atoms with Gasteiger partial charge in [-0.3, -0.25) is 9.59 Å². The Morgan fingerprint density at radius 1 is 1.14 bits per heavy atom. The summed E-state index contributed by atoms with van der Waals surface area (Å²) in [5, 5.41) is 29.0. The van der Waals surface area contributed by atoms with Gasteiger partial charge in [-0.05, 0) is 23.6 Å². The van der Waals surface area contributed by atoms with Gasteiger partial charge in [-0.1, -0.05) is 26.0 Å². The van der Waals surface area contributed by atoms with Gasteiger partial charge in [-0.15, -0.1) is 0 Å². The van der Waals surface area contributed by atoms with Gasteiger partial charge < -0.3 is 21.1 Å². The lowest BCUT2D eigenvalue weighted by molar-refractivity contribution is -0.177. The van der Waals surface area contributed by atoms with Gasteiger partial charge in [-0.2, -0.15) is 0 Å². The van der Waals surface area contributed by atoms with E-state index in [1.165, 1.54) is 38.1 Å². The fourth-order valence-corrected chi connectivity index (χ4v) is 2.46. The van der Waals surface area contributed by atoms with Crippen molar-refractivity contribution < 1.29 is 29.7 Å². The predicted octanol–water partition coefficient (Wildman–Crippen LogP) is 0.500. The predicted molar refractivity (Wildman–Crippen MR) is 77.2 cm³/mol. The van der Waals surface area contributed by atoms with Crippen LogP contribution >= 0.6 is 0 Å². The highest BCUT2D eigenvalue weighted by Gasteiger charge is 2.49. The molecule has 1 aromatic carbocycles. The smallest absolute Gasteiger partial charge is 0.336 e. The molecule has 0 aliphatic heterocycles. The number of amides is 1. The fraction of sp³-hybridized carbons (Fsp3) is 0.400. The maximum absolute atomic E-state index is 11.5. The molecule has 22 heavy (non-hydrogen) atoms. The van der Waals surface area contributed by atoms with Crippen LogP contribution in [0.1, 0.15) is 29.8 Å². The molecule has 2 unspecified atom stereocenters. The molecule has 1 rings (SSSR count). The highest BCUT2D eigenvalue weighted by molar-refractivity contribution is 5.92. The standard InChI is InChI=1S/C15H19NO6/c1-8(2)11(13(18)19)15(22,14(20)21)7-9-3-5-10(6-4-9)12(16)17/h3-6,8,11,22H,7H2,1-2H3,(H2,16,17)(H,18,19)(H,20,21). The first kappa shape index (κ1) is 17.6. The minimum Gasteiger partial charge on any atom is -0.481 e. The summed E-state index contributed by atoms with van der Waals surface area (Å²) in [7, 11) is 0. The Morgan fingerprint density at radius 2 is 1.64 bits per heavy atom. The highest BCUT2D eigenvalue weighted by Crippen LogP contribution is 2.30. The van der Waals surface area contributed by atoms with E-state index in [4.69, 9.17) is 5.73 Å². The van der Waals surface area contributed by atoms with Crippen LogP contribution in [0.4, 0.5) is 0 Å². The molecule has 7 nitrogen and oxygen atoms in total. The number of aliphatic carboxylic acids is 2. The van der Waals surface area contributed by atoms with E-state index < -0.39 is 41.7 Å². The zero-order chi connectivity index (χ0) is 17.1. The number of carboxylic acid groups (broad SMARTS) is 2. The molecule has 0 aliphatic carbocycles. The van der Waals surface area contributed by atoms with Crippen molar-refractivity contribution in [3.05, 3.63) is 35.4 Å². The minimum atomic E-state index is -2.45. The van der Waals surface area contributed by atoms with Crippen molar-refractivity contribution in [2.24, 2.45) is 17.6 Å². The number of rotatable bonds is 7. The van der Waals surface area contributed by atoms with Crippen LogP contribution in [0.3, 0.4) is 0 Å². The second-order valence-corrected chi connectivity index (χ2v) is 5.53. The van der Waals surface area contributed by atoms with Gasteiger partial charge in [0.2, 0.25) is 5.91 Å². The van der Waals surface area contributed by atoms with Crippen molar-refractivity contribution in [2.75, 3.05) is 0 Å². The number of hydrogen-bond donors (Lipinski definition) is 4. The van der Waals surface area contributed by atoms with E-state index in [1.807, 2.05) is 0 Å². The molecule has 120 valence electrons. The number of carboxylic acids is 2. The number of primary amides is 1. The average molecular weight is 309 g/mol. The van der Waals surface area contributed by atoms with Crippen LogP contribution in [0.25, 0.3) is 0 Å². The Morgan fingerprint density at radius 3 is 1.95 bits per heavy atom. The number of aliphatic hydroxyl groups is 1. The molecular formula is C15H19NO6. The Balaban J connectivity index is 3.18. The first-order chi connectivity index (χ1) is 10.1. The number of carbonyl (C=O) groups is 3. The van der Waals surface area contributed by atoms with Crippen LogP contribution < -0.4 is 5.73 Å². The molecule has 0 bridgehead atoms. The monoisotopic (exact) mass is 309 g/mol. The molecule has 1 amide bonds. The lowest BCUT2D eigenvalue weighted by Crippen LogP contribution is -2.53. The van der Waals surface area contributed by atoms with Crippen LogP contribution in [0.2, 0.25) is 0 Å². The lowest BCUT2D eigenvalue weighted by Gasteiger charge is -2.32. The van der Waals surface area contributed by atoms with E-state index in [0.29, 0.717) is 5.56 Å². The highest BCUT2D eigenvalue weighted by atomic mass is 16.4. The first-order valence-electron chi connectivity index (χ1n) is 6.67. The second kappa shape index (κ2) is 6.57. The third-order valence-electron chi connectivity index (χ3n) is 3.53. The van der Waals surface area contributed by atoms with Crippen LogP contribution in [0, 0.1) is 11.8 Å². The van der Waals surface area contributed by atoms with Gasteiger partial charge >= 0.3 is 11.9 Å². The Bertz CT molecular complexity index is 580. The maximum Gasteiger partial charge on any atom is 0.336 e. The van der Waals surface area contributed by atoms with E-state index in [9.17, 15) is 29.7 Å². The zero-order valence-electron chi connectivity index (χ0n) is 12.3. The van der Waals surface area contributed by atoms with Gasteiger partial charge in [0.25, 0.3) is 0 Å². The molecule has 0 aliphatic rings.